The normalized spacial score (nSPS) is 21.9. The van der Waals surface area contributed by atoms with E-state index in [-0.39, 0.29) is 0 Å². The summed E-state index contributed by atoms with van der Waals surface area (Å²) < 4.78 is 16.0. The number of hydrogen-bond acceptors (Lipinski definition) is 4. The Morgan fingerprint density at radius 1 is 1.35 bits per heavy atom. The molecule has 4 nitrogen and oxygen atoms in total. The predicted octanol–water partition coefficient (Wildman–Crippen LogP) is 1.44. The van der Waals surface area contributed by atoms with Gasteiger partial charge in [0.2, 0.25) is 0 Å². The Bertz CT molecular complexity index is 172. The summed E-state index contributed by atoms with van der Waals surface area (Å²) >= 11 is 0. The van der Waals surface area contributed by atoms with Gasteiger partial charge in [-0.3, -0.25) is 0 Å². The minimum atomic E-state index is 0.542. The fraction of sp³-hybridized carbons (Fsp3) is 1.00. The van der Waals surface area contributed by atoms with Crippen LogP contribution in [0.4, 0.5) is 0 Å². The predicted molar refractivity (Wildman–Crippen MR) is 68.3 cm³/mol. The number of rotatable bonds is 10. The van der Waals surface area contributed by atoms with Gasteiger partial charge in [0, 0.05) is 26.4 Å². The van der Waals surface area contributed by atoms with E-state index < -0.39 is 0 Å². The van der Waals surface area contributed by atoms with E-state index in [1.54, 1.807) is 7.11 Å². The van der Waals surface area contributed by atoms with E-state index in [2.05, 4.69) is 12.2 Å². The first-order chi connectivity index (χ1) is 8.38. The molecule has 4 heteroatoms. The van der Waals surface area contributed by atoms with Crippen LogP contribution in [-0.4, -0.2) is 52.7 Å². The number of ether oxygens (including phenoxy) is 3. The molecule has 0 bridgehead atoms. The van der Waals surface area contributed by atoms with Crippen LogP contribution in [0.2, 0.25) is 0 Å². The third-order valence-corrected chi connectivity index (χ3v) is 3.20. The highest BCUT2D eigenvalue weighted by atomic mass is 16.5. The molecule has 102 valence electrons. The molecule has 0 aromatic heterocycles. The van der Waals surface area contributed by atoms with Crippen molar-refractivity contribution in [1.29, 1.82) is 0 Å². The van der Waals surface area contributed by atoms with Gasteiger partial charge < -0.3 is 19.5 Å². The van der Waals surface area contributed by atoms with Gasteiger partial charge in [-0.1, -0.05) is 6.92 Å². The van der Waals surface area contributed by atoms with Gasteiger partial charge in [0.15, 0.2) is 0 Å². The van der Waals surface area contributed by atoms with Crippen molar-refractivity contribution in [2.45, 2.75) is 32.2 Å². The standard InChI is InChI=1S/C13H27NO3/c1-3-6-14-13(12-4-7-17-11-12)5-8-16-10-9-15-2/h12-14H,3-11H2,1-2H3. The van der Waals surface area contributed by atoms with Crippen LogP contribution in [-0.2, 0) is 14.2 Å². The van der Waals surface area contributed by atoms with Gasteiger partial charge in [0.1, 0.15) is 0 Å². The third-order valence-electron chi connectivity index (χ3n) is 3.20. The van der Waals surface area contributed by atoms with E-state index in [0.29, 0.717) is 25.2 Å². The van der Waals surface area contributed by atoms with Crippen molar-refractivity contribution >= 4 is 0 Å². The summed E-state index contributed by atoms with van der Waals surface area (Å²) in [6.07, 6.45) is 3.42. The number of nitrogens with one attached hydrogen (secondary N) is 1. The van der Waals surface area contributed by atoms with Crippen molar-refractivity contribution in [1.82, 2.24) is 5.32 Å². The largest absolute Gasteiger partial charge is 0.382 e. The van der Waals surface area contributed by atoms with Crippen LogP contribution >= 0.6 is 0 Å². The second-order valence-corrected chi connectivity index (χ2v) is 4.58. The SMILES string of the molecule is CCCNC(CCOCCOC)C1CCOC1. The minimum absolute atomic E-state index is 0.542. The Hall–Kier alpha value is -0.160. The Morgan fingerprint density at radius 2 is 2.24 bits per heavy atom. The molecule has 1 N–H and O–H groups in total. The Balaban J connectivity index is 2.15. The molecular weight excluding hydrogens is 218 g/mol. The van der Waals surface area contributed by atoms with Gasteiger partial charge in [-0.15, -0.1) is 0 Å². The van der Waals surface area contributed by atoms with Crippen LogP contribution in [0.5, 0.6) is 0 Å². The molecule has 2 unspecified atom stereocenters. The molecule has 1 rings (SSSR count). The van der Waals surface area contributed by atoms with E-state index in [9.17, 15) is 0 Å². The average Bonchev–Trinajstić information content (AvgIpc) is 2.86. The van der Waals surface area contributed by atoms with Crippen molar-refractivity contribution in [3.05, 3.63) is 0 Å². The number of hydrogen-bond donors (Lipinski definition) is 1. The van der Waals surface area contributed by atoms with E-state index in [0.717, 1.165) is 32.8 Å². The smallest absolute Gasteiger partial charge is 0.0700 e. The molecule has 0 aliphatic carbocycles. The lowest BCUT2D eigenvalue weighted by Gasteiger charge is -2.23. The highest BCUT2D eigenvalue weighted by molar-refractivity contribution is 4.79. The molecule has 0 spiro atoms. The van der Waals surface area contributed by atoms with Crippen LogP contribution in [0.15, 0.2) is 0 Å². The minimum Gasteiger partial charge on any atom is -0.382 e. The first kappa shape index (κ1) is 14.9. The molecular formula is C13H27NO3. The van der Waals surface area contributed by atoms with E-state index in [1.807, 2.05) is 0 Å². The second kappa shape index (κ2) is 9.83. The molecule has 0 aromatic rings. The summed E-state index contributed by atoms with van der Waals surface area (Å²) in [6.45, 7) is 7.28. The summed E-state index contributed by atoms with van der Waals surface area (Å²) in [6, 6.07) is 0.542. The van der Waals surface area contributed by atoms with Crippen LogP contribution in [0.3, 0.4) is 0 Å². The van der Waals surface area contributed by atoms with E-state index in [1.165, 1.54) is 12.8 Å². The molecule has 0 aromatic carbocycles. The van der Waals surface area contributed by atoms with Gasteiger partial charge in [-0.25, -0.2) is 0 Å². The van der Waals surface area contributed by atoms with Crippen molar-refractivity contribution in [2.24, 2.45) is 5.92 Å². The molecule has 0 radical (unpaired) electrons. The van der Waals surface area contributed by atoms with Crippen molar-refractivity contribution < 1.29 is 14.2 Å². The fourth-order valence-electron chi connectivity index (χ4n) is 2.16. The summed E-state index contributed by atoms with van der Waals surface area (Å²) in [5.74, 6) is 0.660. The zero-order chi connectivity index (χ0) is 12.3. The van der Waals surface area contributed by atoms with Crippen LogP contribution in [0.25, 0.3) is 0 Å². The zero-order valence-electron chi connectivity index (χ0n) is 11.2. The summed E-state index contributed by atoms with van der Waals surface area (Å²) in [5.41, 5.74) is 0. The third kappa shape index (κ3) is 6.36. The van der Waals surface area contributed by atoms with Crippen molar-refractivity contribution in [3.8, 4) is 0 Å². The second-order valence-electron chi connectivity index (χ2n) is 4.58. The Morgan fingerprint density at radius 3 is 2.88 bits per heavy atom. The van der Waals surface area contributed by atoms with E-state index >= 15 is 0 Å². The van der Waals surface area contributed by atoms with Gasteiger partial charge in [0.05, 0.1) is 19.8 Å². The highest BCUT2D eigenvalue weighted by Gasteiger charge is 2.24. The molecule has 1 aliphatic heterocycles. The maximum Gasteiger partial charge on any atom is 0.0700 e. The lowest BCUT2D eigenvalue weighted by atomic mass is 9.96. The lowest BCUT2D eigenvalue weighted by molar-refractivity contribution is 0.0621. The first-order valence-corrected chi connectivity index (χ1v) is 6.76. The topological polar surface area (TPSA) is 39.7 Å². The van der Waals surface area contributed by atoms with Gasteiger partial charge in [-0.2, -0.15) is 0 Å². The maximum absolute atomic E-state index is 5.54. The summed E-state index contributed by atoms with van der Waals surface area (Å²) in [5, 5.41) is 3.61. The molecule has 1 saturated heterocycles. The van der Waals surface area contributed by atoms with Crippen LogP contribution in [0.1, 0.15) is 26.2 Å². The van der Waals surface area contributed by atoms with E-state index in [4.69, 9.17) is 14.2 Å². The quantitative estimate of drug-likeness (QED) is 0.591. The molecule has 1 heterocycles. The Kier molecular flexibility index (Phi) is 8.61. The fourth-order valence-corrected chi connectivity index (χ4v) is 2.16. The zero-order valence-corrected chi connectivity index (χ0v) is 11.2. The Labute approximate surface area is 105 Å². The summed E-state index contributed by atoms with van der Waals surface area (Å²) in [4.78, 5) is 0. The molecule has 1 aliphatic rings. The lowest BCUT2D eigenvalue weighted by Crippen LogP contribution is -2.38. The molecule has 2 atom stereocenters. The number of methoxy groups -OCH3 is 1. The highest BCUT2D eigenvalue weighted by Crippen LogP contribution is 2.19. The van der Waals surface area contributed by atoms with Gasteiger partial charge >= 0.3 is 0 Å². The van der Waals surface area contributed by atoms with Crippen LogP contribution < -0.4 is 5.32 Å². The van der Waals surface area contributed by atoms with Crippen molar-refractivity contribution in [3.63, 3.8) is 0 Å². The molecule has 17 heavy (non-hydrogen) atoms. The van der Waals surface area contributed by atoms with Gasteiger partial charge in [0.25, 0.3) is 0 Å². The molecule has 0 amide bonds. The van der Waals surface area contributed by atoms with Crippen LogP contribution in [0, 0.1) is 5.92 Å². The first-order valence-electron chi connectivity index (χ1n) is 6.76. The maximum atomic E-state index is 5.54. The van der Waals surface area contributed by atoms with Gasteiger partial charge in [-0.05, 0) is 31.7 Å². The summed E-state index contributed by atoms with van der Waals surface area (Å²) in [7, 11) is 1.70. The molecule has 0 saturated carbocycles. The van der Waals surface area contributed by atoms with Crippen molar-refractivity contribution in [2.75, 3.05) is 46.7 Å². The average molecular weight is 245 g/mol. The molecule has 1 fully saturated rings. The monoisotopic (exact) mass is 245 g/mol.